The molecule has 0 spiro atoms. The van der Waals surface area contributed by atoms with Crippen LogP contribution < -0.4 is 5.32 Å². The van der Waals surface area contributed by atoms with E-state index in [4.69, 9.17) is 0 Å². The highest BCUT2D eigenvalue weighted by Gasteiger charge is 2.34. The van der Waals surface area contributed by atoms with Crippen molar-refractivity contribution in [1.29, 1.82) is 0 Å². The second-order valence-electron chi connectivity index (χ2n) is 8.01. The second kappa shape index (κ2) is 8.65. The van der Waals surface area contributed by atoms with Crippen LogP contribution in [0, 0.1) is 0 Å². The third-order valence-corrected chi connectivity index (χ3v) is 5.82. The van der Waals surface area contributed by atoms with Crippen LogP contribution in [0.4, 0.5) is 19.0 Å². The molecule has 1 N–H and O–H groups in total. The maximum atomic E-state index is 13.6. The number of aryl methyl sites for hydroxylation is 1. The van der Waals surface area contributed by atoms with Gasteiger partial charge in [-0.1, -0.05) is 48.5 Å². The van der Waals surface area contributed by atoms with Gasteiger partial charge in [-0.25, -0.2) is 9.97 Å². The number of anilines is 1. The molecule has 0 aliphatic heterocycles. The van der Waals surface area contributed by atoms with Crippen LogP contribution in [0.3, 0.4) is 0 Å². The van der Waals surface area contributed by atoms with E-state index in [1.807, 2.05) is 42.6 Å². The topological polar surface area (TPSA) is 50.7 Å². The Morgan fingerprint density at radius 1 is 0.848 bits per heavy atom. The van der Waals surface area contributed by atoms with Crippen LogP contribution in [0.25, 0.3) is 22.5 Å². The molecule has 33 heavy (non-hydrogen) atoms. The van der Waals surface area contributed by atoms with Gasteiger partial charge in [0.2, 0.25) is 0 Å². The number of pyridine rings is 1. The highest BCUT2D eigenvalue weighted by molar-refractivity contribution is 5.65. The van der Waals surface area contributed by atoms with Gasteiger partial charge in [0.25, 0.3) is 0 Å². The van der Waals surface area contributed by atoms with E-state index in [0.717, 1.165) is 53.3 Å². The van der Waals surface area contributed by atoms with E-state index in [1.54, 1.807) is 12.3 Å². The van der Waals surface area contributed by atoms with Crippen LogP contribution in [0.15, 0.2) is 73.1 Å². The number of alkyl halides is 3. The molecule has 4 aromatic rings. The standard InChI is InChI=1S/C26H21F3N4/c27-26(28,29)22-8-2-1-6-20(22)25-32-23-9-3-7-21(23)24(33-25)31-15-17-10-12-18(13-11-17)19-5-4-14-30-16-19/h1-2,4-6,8,10-14,16H,3,7,9,15H2,(H,31,32,33). The summed E-state index contributed by atoms with van der Waals surface area (Å²) in [5, 5.41) is 3.34. The lowest BCUT2D eigenvalue weighted by atomic mass is 10.1. The number of nitrogens with one attached hydrogen (secondary N) is 1. The predicted molar refractivity (Wildman–Crippen MR) is 121 cm³/mol. The largest absolute Gasteiger partial charge is 0.417 e. The zero-order valence-electron chi connectivity index (χ0n) is 17.7. The lowest BCUT2D eigenvalue weighted by molar-refractivity contribution is -0.137. The number of hydrogen-bond donors (Lipinski definition) is 1. The molecular formula is C26H21F3N4. The van der Waals surface area contributed by atoms with Gasteiger partial charge in [-0.3, -0.25) is 4.98 Å². The first-order chi connectivity index (χ1) is 16.0. The Bertz CT molecular complexity index is 1270. The van der Waals surface area contributed by atoms with Gasteiger partial charge >= 0.3 is 6.18 Å². The van der Waals surface area contributed by atoms with Crippen molar-refractivity contribution in [3.8, 4) is 22.5 Å². The Hall–Kier alpha value is -3.74. The normalized spacial score (nSPS) is 13.1. The number of hydrogen-bond acceptors (Lipinski definition) is 4. The minimum atomic E-state index is -4.47. The molecule has 0 unspecified atom stereocenters. The summed E-state index contributed by atoms with van der Waals surface area (Å²) >= 11 is 0. The van der Waals surface area contributed by atoms with Crippen molar-refractivity contribution >= 4 is 5.82 Å². The molecule has 0 bridgehead atoms. The van der Waals surface area contributed by atoms with Gasteiger partial charge in [0.05, 0.1) is 5.56 Å². The van der Waals surface area contributed by atoms with Gasteiger partial charge < -0.3 is 5.32 Å². The van der Waals surface area contributed by atoms with Crippen molar-refractivity contribution in [2.45, 2.75) is 32.0 Å². The Kier molecular flexibility index (Phi) is 5.54. The van der Waals surface area contributed by atoms with Crippen LogP contribution in [-0.4, -0.2) is 15.0 Å². The van der Waals surface area contributed by atoms with Gasteiger partial charge in [-0.05, 0) is 48.1 Å². The number of nitrogens with zero attached hydrogens (tertiary/aromatic N) is 3. The van der Waals surface area contributed by atoms with Crippen molar-refractivity contribution in [3.05, 3.63) is 95.4 Å². The summed E-state index contributed by atoms with van der Waals surface area (Å²) in [6.45, 7) is 0.511. The minimum Gasteiger partial charge on any atom is -0.366 e. The molecule has 5 rings (SSSR count). The number of halogens is 3. The average Bonchev–Trinajstić information content (AvgIpc) is 3.32. The first-order valence-electron chi connectivity index (χ1n) is 10.8. The zero-order valence-corrected chi connectivity index (χ0v) is 17.7. The molecule has 0 fully saturated rings. The van der Waals surface area contributed by atoms with Crippen molar-refractivity contribution in [1.82, 2.24) is 15.0 Å². The fourth-order valence-electron chi connectivity index (χ4n) is 4.16. The van der Waals surface area contributed by atoms with Crippen molar-refractivity contribution in [2.24, 2.45) is 0 Å². The Morgan fingerprint density at radius 2 is 1.67 bits per heavy atom. The molecule has 1 aliphatic carbocycles. The molecule has 2 aromatic carbocycles. The van der Waals surface area contributed by atoms with Gasteiger partial charge in [0.1, 0.15) is 5.82 Å². The maximum Gasteiger partial charge on any atom is 0.417 e. The summed E-state index contributed by atoms with van der Waals surface area (Å²) in [6.07, 6.45) is 1.57. The molecule has 2 aromatic heterocycles. The fraction of sp³-hybridized carbons (Fsp3) is 0.192. The number of aromatic nitrogens is 3. The third kappa shape index (κ3) is 4.44. The molecule has 7 heteroatoms. The minimum absolute atomic E-state index is 0.00331. The third-order valence-electron chi connectivity index (χ3n) is 5.82. The Morgan fingerprint density at radius 3 is 2.42 bits per heavy atom. The second-order valence-corrected chi connectivity index (χ2v) is 8.01. The van der Waals surface area contributed by atoms with E-state index in [0.29, 0.717) is 12.4 Å². The van der Waals surface area contributed by atoms with Crippen molar-refractivity contribution in [3.63, 3.8) is 0 Å². The van der Waals surface area contributed by atoms with Gasteiger partial charge in [-0.2, -0.15) is 13.2 Å². The molecule has 0 saturated heterocycles. The van der Waals surface area contributed by atoms with Gasteiger partial charge in [0.15, 0.2) is 5.82 Å². The summed E-state index contributed by atoms with van der Waals surface area (Å²) in [4.78, 5) is 13.2. The molecule has 0 radical (unpaired) electrons. The highest BCUT2D eigenvalue weighted by atomic mass is 19.4. The quantitative estimate of drug-likeness (QED) is 0.389. The Balaban J connectivity index is 1.42. The van der Waals surface area contributed by atoms with E-state index in [9.17, 15) is 13.2 Å². The molecule has 166 valence electrons. The summed E-state index contributed by atoms with van der Waals surface area (Å²) < 4.78 is 40.7. The van der Waals surface area contributed by atoms with E-state index >= 15 is 0 Å². The number of fused-ring (bicyclic) bond motifs is 1. The lowest BCUT2D eigenvalue weighted by Crippen LogP contribution is -2.11. The molecule has 1 aliphatic rings. The monoisotopic (exact) mass is 446 g/mol. The van der Waals surface area contributed by atoms with Crippen LogP contribution in [0.2, 0.25) is 0 Å². The smallest absolute Gasteiger partial charge is 0.366 e. The Labute approximate surface area is 189 Å². The first-order valence-corrected chi connectivity index (χ1v) is 10.8. The van der Waals surface area contributed by atoms with Gasteiger partial charge in [0, 0.05) is 35.8 Å². The van der Waals surface area contributed by atoms with E-state index in [1.165, 1.54) is 12.1 Å². The first kappa shape index (κ1) is 21.1. The van der Waals surface area contributed by atoms with Crippen molar-refractivity contribution in [2.75, 3.05) is 5.32 Å². The van der Waals surface area contributed by atoms with E-state index in [2.05, 4.69) is 20.3 Å². The summed E-state index contributed by atoms with van der Waals surface area (Å²) in [5.41, 5.74) is 4.26. The zero-order chi connectivity index (χ0) is 22.8. The van der Waals surface area contributed by atoms with Crippen LogP contribution in [0.5, 0.6) is 0 Å². The predicted octanol–water partition coefficient (Wildman–Crippen LogP) is 6.33. The highest BCUT2D eigenvalue weighted by Crippen LogP contribution is 2.37. The SMILES string of the molecule is FC(F)(F)c1ccccc1-c1nc2c(c(NCc3ccc(-c4cccnc4)cc3)n1)CCC2. The van der Waals surface area contributed by atoms with E-state index < -0.39 is 11.7 Å². The van der Waals surface area contributed by atoms with Crippen LogP contribution in [0.1, 0.15) is 28.8 Å². The number of benzene rings is 2. The van der Waals surface area contributed by atoms with Gasteiger partial charge in [-0.15, -0.1) is 0 Å². The van der Waals surface area contributed by atoms with Crippen LogP contribution in [-0.2, 0) is 25.6 Å². The maximum absolute atomic E-state index is 13.6. The summed E-state index contributed by atoms with van der Waals surface area (Å²) in [5.74, 6) is 0.721. The van der Waals surface area contributed by atoms with E-state index in [-0.39, 0.29) is 11.4 Å². The molecule has 0 atom stereocenters. The molecule has 0 amide bonds. The number of rotatable bonds is 5. The molecular weight excluding hydrogens is 425 g/mol. The molecule has 4 nitrogen and oxygen atoms in total. The average molecular weight is 446 g/mol. The molecule has 0 saturated carbocycles. The van der Waals surface area contributed by atoms with Crippen LogP contribution >= 0.6 is 0 Å². The molecule has 2 heterocycles. The summed E-state index contributed by atoms with van der Waals surface area (Å²) in [7, 11) is 0. The summed E-state index contributed by atoms with van der Waals surface area (Å²) in [6, 6.07) is 17.5. The lowest BCUT2D eigenvalue weighted by Gasteiger charge is -2.15. The fourth-order valence-corrected chi connectivity index (χ4v) is 4.16. The van der Waals surface area contributed by atoms with Crippen molar-refractivity contribution < 1.29 is 13.2 Å².